The van der Waals surface area contributed by atoms with E-state index < -0.39 is 0 Å². The van der Waals surface area contributed by atoms with Crippen LogP contribution < -0.4 is 10.5 Å². The summed E-state index contributed by atoms with van der Waals surface area (Å²) < 4.78 is 5.13. The second-order valence-corrected chi connectivity index (χ2v) is 3.28. The number of rotatable bonds is 2. The Bertz CT molecular complexity index is 408. The van der Waals surface area contributed by atoms with E-state index in [1.807, 2.05) is 11.4 Å². The first-order valence-corrected chi connectivity index (χ1v) is 4.49. The minimum Gasteiger partial charge on any atom is -0.495 e. The van der Waals surface area contributed by atoms with Crippen molar-refractivity contribution in [3.05, 3.63) is 11.4 Å². The molecule has 0 saturated heterocycles. The van der Waals surface area contributed by atoms with E-state index in [9.17, 15) is 0 Å². The molecule has 0 aliphatic rings. The topological polar surface area (TPSA) is 76.8 Å². The van der Waals surface area contributed by atoms with Gasteiger partial charge in [-0.2, -0.15) is 4.98 Å². The van der Waals surface area contributed by atoms with Crippen LogP contribution in [0.5, 0.6) is 5.75 Å². The summed E-state index contributed by atoms with van der Waals surface area (Å²) in [5, 5.41) is 8.39. The van der Waals surface area contributed by atoms with Crippen molar-refractivity contribution in [2.24, 2.45) is 0 Å². The van der Waals surface area contributed by atoms with Crippen LogP contribution >= 0.6 is 11.3 Å². The van der Waals surface area contributed by atoms with E-state index in [1.54, 1.807) is 7.11 Å². The molecule has 0 aromatic carbocycles. The Morgan fingerprint density at radius 2 is 2.46 bits per heavy atom. The molecule has 2 rings (SSSR count). The zero-order valence-corrected chi connectivity index (χ0v) is 7.76. The van der Waals surface area contributed by atoms with Crippen LogP contribution in [-0.2, 0) is 0 Å². The fraction of sp³-hybridized carbons (Fsp3) is 0.143. The summed E-state index contributed by atoms with van der Waals surface area (Å²) in [6.45, 7) is 0. The Labute approximate surface area is 78.6 Å². The number of nitrogen functional groups attached to an aromatic ring is 1. The third-order valence-electron chi connectivity index (χ3n) is 1.57. The van der Waals surface area contributed by atoms with E-state index in [0.717, 1.165) is 10.6 Å². The third-order valence-corrected chi connectivity index (χ3v) is 2.47. The fourth-order valence-electron chi connectivity index (χ4n) is 1.01. The number of aromatic nitrogens is 3. The first-order chi connectivity index (χ1) is 6.31. The van der Waals surface area contributed by atoms with E-state index in [2.05, 4.69) is 15.2 Å². The highest BCUT2D eigenvalue weighted by Gasteiger charge is 2.10. The van der Waals surface area contributed by atoms with Crippen molar-refractivity contribution >= 4 is 17.3 Å². The largest absolute Gasteiger partial charge is 0.495 e. The Morgan fingerprint density at radius 1 is 1.62 bits per heavy atom. The zero-order valence-electron chi connectivity index (χ0n) is 6.94. The van der Waals surface area contributed by atoms with Gasteiger partial charge in [-0.25, -0.2) is 0 Å². The number of thiophene rings is 1. The van der Waals surface area contributed by atoms with Gasteiger partial charge >= 0.3 is 0 Å². The lowest BCUT2D eigenvalue weighted by Crippen LogP contribution is -1.86. The molecule has 2 aromatic rings. The molecule has 0 saturated carbocycles. The van der Waals surface area contributed by atoms with Gasteiger partial charge in [-0.15, -0.1) is 16.4 Å². The zero-order chi connectivity index (χ0) is 9.26. The number of hydrogen-bond donors (Lipinski definition) is 2. The predicted octanol–water partition coefficient (Wildman–Crippen LogP) is 1.12. The summed E-state index contributed by atoms with van der Waals surface area (Å²) in [7, 11) is 1.62. The average Bonchev–Trinajstić information content (AvgIpc) is 2.71. The number of nitrogens with two attached hydrogens (primary N) is 1. The van der Waals surface area contributed by atoms with Gasteiger partial charge in [0.2, 0.25) is 5.95 Å². The Kier molecular flexibility index (Phi) is 1.90. The van der Waals surface area contributed by atoms with E-state index in [0.29, 0.717) is 5.82 Å². The van der Waals surface area contributed by atoms with E-state index >= 15 is 0 Å². The minimum absolute atomic E-state index is 0.241. The maximum absolute atomic E-state index is 5.39. The molecule has 2 heterocycles. The van der Waals surface area contributed by atoms with Crippen molar-refractivity contribution in [3.8, 4) is 16.5 Å². The number of anilines is 1. The Morgan fingerprint density at radius 3 is 3.08 bits per heavy atom. The number of aromatic amines is 1. The molecule has 6 heteroatoms. The molecule has 68 valence electrons. The molecular weight excluding hydrogens is 188 g/mol. The lowest BCUT2D eigenvalue weighted by Gasteiger charge is -1.96. The van der Waals surface area contributed by atoms with Crippen LogP contribution in [0, 0.1) is 0 Å². The summed E-state index contributed by atoms with van der Waals surface area (Å²) in [5.74, 6) is 1.66. The summed E-state index contributed by atoms with van der Waals surface area (Å²) >= 11 is 1.53. The first-order valence-electron chi connectivity index (χ1n) is 3.61. The minimum atomic E-state index is 0.241. The van der Waals surface area contributed by atoms with Crippen LogP contribution in [-0.4, -0.2) is 22.3 Å². The number of hydrogen-bond acceptors (Lipinski definition) is 5. The van der Waals surface area contributed by atoms with E-state index in [4.69, 9.17) is 10.5 Å². The second kappa shape index (κ2) is 3.06. The summed E-state index contributed by atoms with van der Waals surface area (Å²) in [5.41, 5.74) is 5.39. The number of nitrogens with zero attached hydrogens (tertiary/aromatic N) is 2. The molecular formula is C7H8N4OS. The molecule has 2 aromatic heterocycles. The maximum atomic E-state index is 5.39. The molecule has 0 amide bonds. The van der Waals surface area contributed by atoms with E-state index in [-0.39, 0.29) is 5.95 Å². The normalized spacial score (nSPS) is 10.2. The lowest BCUT2D eigenvalue weighted by molar-refractivity contribution is 0.418. The summed E-state index contributed by atoms with van der Waals surface area (Å²) in [6, 6.07) is 1.87. The third kappa shape index (κ3) is 1.35. The number of ether oxygens (including phenoxy) is 1. The molecule has 0 fully saturated rings. The Balaban J connectivity index is 2.45. The fourth-order valence-corrected chi connectivity index (χ4v) is 1.81. The van der Waals surface area contributed by atoms with Crippen molar-refractivity contribution in [1.82, 2.24) is 15.2 Å². The monoisotopic (exact) mass is 196 g/mol. The van der Waals surface area contributed by atoms with Gasteiger partial charge in [0, 0.05) is 0 Å². The molecule has 13 heavy (non-hydrogen) atoms. The second-order valence-electron chi connectivity index (χ2n) is 2.36. The highest BCUT2D eigenvalue weighted by atomic mass is 32.1. The number of nitrogens with one attached hydrogen (secondary N) is 1. The van der Waals surface area contributed by atoms with Crippen molar-refractivity contribution < 1.29 is 4.74 Å². The SMILES string of the molecule is COc1ccsc1-c1nc(N)n[nH]1. The number of methoxy groups -OCH3 is 1. The van der Waals surface area contributed by atoms with Crippen LogP contribution in [0.3, 0.4) is 0 Å². The lowest BCUT2D eigenvalue weighted by atomic mass is 10.4. The maximum Gasteiger partial charge on any atom is 0.239 e. The van der Waals surface area contributed by atoms with E-state index in [1.165, 1.54) is 11.3 Å². The van der Waals surface area contributed by atoms with Gasteiger partial charge in [0.1, 0.15) is 10.6 Å². The molecule has 0 aliphatic carbocycles. The van der Waals surface area contributed by atoms with Crippen molar-refractivity contribution in [1.29, 1.82) is 0 Å². The van der Waals surface area contributed by atoms with Crippen molar-refractivity contribution in [2.75, 3.05) is 12.8 Å². The first kappa shape index (κ1) is 8.06. The van der Waals surface area contributed by atoms with Gasteiger partial charge in [-0.05, 0) is 11.4 Å². The van der Waals surface area contributed by atoms with Crippen molar-refractivity contribution in [2.45, 2.75) is 0 Å². The van der Waals surface area contributed by atoms with Crippen LogP contribution in [0.4, 0.5) is 5.95 Å². The summed E-state index contributed by atoms with van der Waals surface area (Å²) in [6.07, 6.45) is 0. The van der Waals surface area contributed by atoms with Crippen LogP contribution in [0.2, 0.25) is 0 Å². The molecule has 0 unspecified atom stereocenters. The van der Waals surface area contributed by atoms with Gasteiger partial charge < -0.3 is 10.5 Å². The molecule has 0 radical (unpaired) electrons. The van der Waals surface area contributed by atoms with Gasteiger partial charge in [-0.1, -0.05) is 0 Å². The molecule has 3 N–H and O–H groups in total. The molecule has 0 bridgehead atoms. The number of H-pyrrole nitrogens is 1. The van der Waals surface area contributed by atoms with Gasteiger partial charge in [0.05, 0.1) is 7.11 Å². The van der Waals surface area contributed by atoms with Gasteiger partial charge in [0.25, 0.3) is 0 Å². The average molecular weight is 196 g/mol. The smallest absolute Gasteiger partial charge is 0.239 e. The molecule has 0 atom stereocenters. The van der Waals surface area contributed by atoms with Gasteiger partial charge in [0.15, 0.2) is 5.82 Å². The summed E-state index contributed by atoms with van der Waals surface area (Å²) in [4.78, 5) is 4.91. The molecule has 0 spiro atoms. The highest BCUT2D eigenvalue weighted by Crippen LogP contribution is 2.32. The molecule has 0 aliphatic heterocycles. The highest BCUT2D eigenvalue weighted by molar-refractivity contribution is 7.13. The van der Waals surface area contributed by atoms with Crippen LogP contribution in [0.15, 0.2) is 11.4 Å². The predicted molar refractivity (Wildman–Crippen MR) is 50.7 cm³/mol. The van der Waals surface area contributed by atoms with Crippen LogP contribution in [0.25, 0.3) is 10.7 Å². The molecule has 5 nitrogen and oxygen atoms in total. The Hall–Kier alpha value is -1.56. The van der Waals surface area contributed by atoms with Gasteiger partial charge in [-0.3, -0.25) is 5.10 Å². The van der Waals surface area contributed by atoms with Crippen molar-refractivity contribution in [3.63, 3.8) is 0 Å². The van der Waals surface area contributed by atoms with Crippen LogP contribution in [0.1, 0.15) is 0 Å². The quantitative estimate of drug-likeness (QED) is 0.754. The standard InChI is InChI=1S/C7H8N4OS/c1-12-4-2-3-13-5(4)6-9-7(8)11-10-6/h2-3H,1H3,(H3,8,9,10,11).